The van der Waals surface area contributed by atoms with Crippen molar-refractivity contribution in [2.45, 2.75) is 31.7 Å². The molecule has 1 aromatic heterocycles. The minimum Gasteiger partial charge on any atom is -0.480 e. The number of aliphatic carboxylic acids is 1. The van der Waals surface area contributed by atoms with Crippen LogP contribution in [-0.4, -0.2) is 33.6 Å². The number of nitrogens with zero attached hydrogens (tertiary/aromatic N) is 3. The Hall–Kier alpha value is -1.70. The van der Waals surface area contributed by atoms with Gasteiger partial charge in [0.1, 0.15) is 12.7 Å². The highest BCUT2D eigenvalue weighted by molar-refractivity contribution is 7.18. The predicted molar refractivity (Wildman–Crippen MR) is 66.0 cm³/mol. The lowest BCUT2D eigenvalue weighted by Gasteiger charge is -2.26. The van der Waals surface area contributed by atoms with Gasteiger partial charge in [0, 0.05) is 6.04 Å². The van der Waals surface area contributed by atoms with Crippen LogP contribution in [0.4, 0.5) is 10.1 Å². The Morgan fingerprint density at radius 1 is 1.61 bits per heavy atom. The Balaban J connectivity index is 2.20. The van der Waals surface area contributed by atoms with Crippen molar-refractivity contribution >= 4 is 27.4 Å². The van der Waals surface area contributed by atoms with Gasteiger partial charge in [0.05, 0.1) is 4.92 Å². The lowest BCUT2D eigenvalue weighted by Crippen LogP contribution is -2.37. The van der Waals surface area contributed by atoms with Gasteiger partial charge in [0.15, 0.2) is 5.13 Å². The highest BCUT2D eigenvalue weighted by Crippen LogP contribution is 2.33. The van der Waals surface area contributed by atoms with E-state index in [9.17, 15) is 14.9 Å². The van der Waals surface area contributed by atoms with E-state index in [0.717, 1.165) is 37.0 Å². The van der Waals surface area contributed by atoms with Gasteiger partial charge < -0.3 is 10.0 Å². The fraction of sp³-hybridized carbons (Fsp3) is 0.600. The van der Waals surface area contributed by atoms with Crippen molar-refractivity contribution in [2.75, 3.05) is 11.4 Å². The minimum absolute atomic E-state index is 0.0571. The maximum absolute atomic E-state index is 10.9. The van der Waals surface area contributed by atoms with E-state index < -0.39 is 10.9 Å². The molecule has 1 fully saturated rings. The van der Waals surface area contributed by atoms with Crippen LogP contribution < -0.4 is 4.90 Å². The lowest BCUT2D eigenvalue weighted by atomic mass is 10.2. The van der Waals surface area contributed by atoms with Crippen LogP contribution in [0, 0.1) is 10.1 Å². The summed E-state index contributed by atoms with van der Waals surface area (Å²) in [4.78, 5) is 26.6. The fourth-order valence-electron chi connectivity index (χ4n) is 2.19. The van der Waals surface area contributed by atoms with Gasteiger partial charge in [0.25, 0.3) is 0 Å². The molecule has 0 saturated heterocycles. The Morgan fingerprint density at radius 3 is 2.78 bits per heavy atom. The van der Waals surface area contributed by atoms with Crippen LogP contribution >= 0.6 is 11.3 Å². The second kappa shape index (κ2) is 5.30. The first-order chi connectivity index (χ1) is 8.58. The second-order valence-electron chi connectivity index (χ2n) is 4.20. The molecule has 1 saturated carbocycles. The summed E-state index contributed by atoms with van der Waals surface area (Å²) in [7, 11) is 0. The summed E-state index contributed by atoms with van der Waals surface area (Å²) in [5.41, 5.74) is 0. The molecule has 7 nitrogen and oxygen atoms in total. The van der Waals surface area contributed by atoms with Crippen molar-refractivity contribution in [2.24, 2.45) is 0 Å². The number of thiazole rings is 1. The Bertz CT molecular complexity index is 456. The smallest absolute Gasteiger partial charge is 0.345 e. The van der Waals surface area contributed by atoms with Gasteiger partial charge in [-0.15, -0.1) is 0 Å². The number of rotatable bonds is 5. The fourth-order valence-corrected chi connectivity index (χ4v) is 2.99. The van der Waals surface area contributed by atoms with Crippen molar-refractivity contribution in [3.8, 4) is 0 Å². The highest BCUT2D eigenvalue weighted by Gasteiger charge is 2.28. The number of carboxylic acid groups (broad SMARTS) is 1. The molecule has 1 aliphatic carbocycles. The van der Waals surface area contributed by atoms with Crippen molar-refractivity contribution in [1.29, 1.82) is 0 Å². The SMILES string of the molecule is O=C(O)CN(c1ncc([N+](=O)[O-])s1)C1CCCC1. The molecule has 2 rings (SSSR count). The maximum Gasteiger partial charge on any atom is 0.345 e. The second-order valence-corrected chi connectivity index (χ2v) is 5.19. The highest BCUT2D eigenvalue weighted by atomic mass is 32.1. The molecule has 0 bridgehead atoms. The number of carbonyl (C=O) groups is 1. The van der Waals surface area contributed by atoms with E-state index in [1.54, 1.807) is 4.90 Å². The zero-order valence-corrected chi connectivity index (χ0v) is 10.4. The standard InChI is InChI=1S/C10H13N3O4S/c14-9(15)6-12(7-3-1-2-4-7)10-11-5-8(18-10)13(16)17/h5,7H,1-4,6H2,(H,14,15). The molecule has 98 valence electrons. The molecular weight excluding hydrogens is 258 g/mol. The van der Waals surface area contributed by atoms with Crippen LogP contribution in [0.15, 0.2) is 6.20 Å². The third-order valence-corrected chi connectivity index (χ3v) is 3.96. The number of aromatic nitrogens is 1. The molecule has 0 amide bonds. The number of carboxylic acids is 1. The molecule has 0 spiro atoms. The molecule has 0 aliphatic heterocycles. The summed E-state index contributed by atoms with van der Waals surface area (Å²) in [6, 6.07) is 0.131. The first kappa shape index (κ1) is 12.7. The quantitative estimate of drug-likeness (QED) is 0.648. The van der Waals surface area contributed by atoms with E-state index in [1.807, 2.05) is 0 Å². The number of anilines is 1. The largest absolute Gasteiger partial charge is 0.480 e. The molecule has 8 heteroatoms. The van der Waals surface area contributed by atoms with Gasteiger partial charge in [-0.05, 0) is 24.2 Å². The maximum atomic E-state index is 10.9. The summed E-state index contributed by atoms with van der Waals surface area (Å²) in [5.74, 6) is -0.945. The van der Waals surface area contributed by atoms with Gasteiger partial charge >= 0.3 is 11.0 Å². The Morgan fingerprint density at radius 2 is 2.28 bits per heavy atom. The van der Waals surface area contributed by atoms with E-state index in [2.05, 4.69) is 4.98 Å². The van der Waals surface area contributed by atoms with Crippen molar-refractivity contribution in [3.05, 3.63) is 16.3 Å². The summed E-state index contributed by atoms with van der Waals surface area (Å²) >= 11 is 0.930. The molecule has 1 heterocycles. The van der Waals surface area contributed by atoms with E-state index in [1.165, 1.54) is 6.20 Å². The summed E-state index contributed by atoms with van der Waals surface area (Å²) < 4.78 is 0. The van der Waals surface area contributed by atoms with Crippen molar-refractivity contribution in [1.82, 2.24) is 4.98 Å². The van der Waals surface area contributed by atoms with Gasteiger partial charge in [-0.25, -0.2) is 4.98 Å². The van der Waals surface area contributed by atoms with Crippen LogP contribution in [0.25, 0.3) is 0 Å². The monoisotopic (exact) mass is 271 g/mol. The number of hydrogen-bond acceptors (Lipinski definition) is 6. The van der Waals surface area contributed by atoms with Crippen LogP contribution in [0.1, 0.15) is 25.7 Å². The molecule has 1 N–H and O–H groups in total. The number of nitro groups is 1. The normalized spacial score (nSPS) is 15.8. The predicted octanol–water partition coefficient (Wildman–Crippen LogP) is 1.88. The van der Waals surface area contributed by atoms with E-state index in [-0.39, 0.29) is 17.6 Å². The van der Waals surface area contributed by atoms with E-state index >= 15 is 0 Å². The zero-order valence-electron chi connectivity index (χ0n) is 9.61. The molecule has 1 aliphatic rings. The summed E-state index contributed by atoms with van der Waals surface area (Å²) in [5, 5.41) is 19.9. The van der Waals surface area contributed by atoms with Gasteiger partial charge in [-0.1, -0.05) is 12.8 Å². The molecular formula is C10H13N3O4S. The van der Waals surface area contributed by atoms with Crippen molar-refractivity contribution in [3.63, 3.8) is 0 Å². The molecule has 0 aromatic carbocycles. The Kier molecular flexibility index (Phi) is 3.75. The van der Waals surface area contributed by atoms with Gasteiger partial charge in [-0.3, -0.25) is 14.9 Å². The average molecular weight is 271 g/mol. The van der Waals surface area contributed by atoms with Crippen LogP contribution in [0.3, 0.4) is 0 Å². The van der Waals surface area contributed by atoms with E-state index in [4.69, 9.17) is 5.11 Å². The van der Waals surface area contributed by atoms with Gasteiger partial charge in [0.2, 0.25) is 0 Å². The molecule has 0 atom stereocenters. The molecule has 18 heavy (non-hydrogen) atoms. The summed E-state index contributed by atoms with van der Waals surface area (Å²) in [6.45, 7) is -0.157. The first-order valence-electron chi connectivity index (χ1n) is 5.66. The number of hydrogen-bond donors (Lipinski definition) is 1. The van der Waals surface area contributed by atoms with Crippen molar-refractivity contribution < 1.29 is 14.8 Å². The third kappa shape index (κ3) is 2.76. The van der Waals surface area contributed by atoms with Crippen LogP contribution in [0.2, 0.25) is 0 Å². The first-order valence-corrected chi connectivity index (χ1v) is 6.48. The molecule has 0 radical (unpaired) electrons. The zero-order chi connectivity index (χ0) is 13.1. The summed E-state index contributed by atoms with van der Waals surface area (Å²) in [6.07, 6.45) is 5.15. The molecule has 0 unspecified atom stereocenters. The third-order valence-electron chi connectivity index (χ3n) is 2.98. The van der Waals surface area contributed by atoms with Gasteiger partial charge in [-0.2, -0.15) is 0 Å². The lowest BCUT2D eigenvalue weighted by molar-refractivity contribution is -0.380. The van der Waals surface area contributed by atoms with E-state index in [0.29, 0.717) is 5.13 Å². The average Bonchev–Trinajstić information content (AvgIpc) is 2.97. The van der Waals surface area contributed by atoms with Crippen LogP contribution in [0.5, 0.6) is 0 Å². The van der Waals surface area contributed by atoms with Crippen LogP contribution in [-0.2, 0) is 4.79 Å². The molecule has 1 aromatic rings. The minimum atomic E-state index is -0.945. The Labute approximate surface area is 107 Å². The topological polar surface area (TPSA) is 96.6 Å².